The Labute approximate surface area is 132 Å². The maximum Gasteiger partial charge on any atom is 0.257 e. The van der Waals surface area contributed by atoms with E-state index in [1.165, 1.54) is 5.56 Å². The molecule has 0 radical (unpaired) electrons. The average Bonchev–Trinajstić information content (AvgIpc) is 2.96. The summed E-state index contributed by atoms with van der Waals surface area (Å²) in [6.07, 6.45) is 0.834. The molecule has 1 amide bonds. The van der Waals surface area contributed by atoms with E-state index < -0.39 is 0 Å². The lowest BCUT2D eigenvalue weighted by Crippen LogP contribution is -2.28. The Balaban J connectivity index is 1.78. The Kier molecular flexibility index (Phi) is 6.21. The number of amides is 1. The monoisotopic (exact) mass is 306 g/mol. The Hall–Kier alpha value is -1.59. The lowest BCUT2D eigenvalue weighted by atomic mass is 10.0. The molecular weight excluding hydrogens is 280 g/mol. The molecule has 5 nitrogen and oxygen atoms in total. The van der Waals surface area contributed by atoms with Gasteiger partial charge in [0, 0.05) is 19.6 Å². The summed E-state index contributed by atoms with van der Waals surface area (Å²) >= 11 is 0. The molecule has 1 fully saturated rings. The summed E-state index contributed by atoms with van der Waals surface area (Å²) in [4.78, 5) is 13.7. The van der Waals surface area contributed by atoms with E-state index in [9.17, 15) is 9.90 Å². The second-order valence-electron chi connectivity index (χ2n) is 5.91. The molecule has 2 rings (SSSR count). The van der Waals surface area contributed by atoms with Crippen LogP contribution in [0, 0.1) is 5.92 Å². The zero-order valence-corrected chi connectivity index (χ0v) is 13.4. The predicted molar refractivity (Wildman–Crippen MR) is 85.7 cm³/mol. The van der Waals surface area contributed by atoms with Crippen molar-refractivity contribution in [3.05, 3.63) is 29.8 Å². The predicted octanol–water partition coefficient (Wildman–Crippen LogP) is 1.40. The van der Waals surface area contributed by atoms with Crippen LogP contribution in [0.3, 0.4) is 0 Å². The molecule has 0 bridgehead atoms. The van der Waals surface area contributed by atoms with Crippen molar-refractivity contribution < 1.29 is 14.6 Å². The summed E-state index contributed by atoms with van der Waals surface area (Å²) in [6, 6.07) is 7.86. The third kappa shape index (κ3) is 5.00. The molecule has 1 aliphatic rings. The van der Waals surface area contributed by atoms with E-state index in [1.807, 2.05) is 38.1 Å². The molecule has 2 atom stereocenters. The molecule has 1 saturated heterocycles. The van der Waals surface area contributed by atoms with Crippen molar-refractivity contribution in [2.24, 2.45) is 5.92 Å². The molecule has 1 aromatic rings. The number of rotatable bonds is 7. The molecule has 1 aliphatic heterocycles. The van der Waals surface area contributed by atoms with Crippen molar-refractivity contribution in [3.63, 3.8) is 0 Å². The van der Waals surface area contributed by atoms with E-state index in [4.69, 9.17) is 4.74 Å². The topological polar surface area (TPSA) is 61.8 Å². The number of likely N-dealkylation sites (N-methyl/N-ethyl adjacent to an activating group) is 1. The highest BCUT2D eigenvalue weighted by molar-refractivity contribution is 5.77. The van der Waals surface area contributed by atoms with Crippen LogP contribution in [0.4, 0.5) is 0 Å². The van der Waals surface area contributed by atoms with Crippen molar-refractivity contribution >= 4 is 5.91 Å². The van der Waals surface area contributed by atoms with Crippen LogP contribution >= 0.6 is 0 Å². The van der Waals surface area contributed by atoms with Gasteiger partial charge in [-0.3, -0.25) is 9.69 Å². The van der Waals surface area contributed by atoms with Crippen LogP contribution in [0.2, 0.25) is 0 Å². The number of hydrogen-bond acceptors (Lipinski definition) is 4. The molecule has 122 valence electrons. The standard InChI is InChI=1S/C17H26N2O3/c1-3-18-17(21)12-22-16-6-4-14(5-7-16)10-19-9-8-15(11-19)13(2)20/h4-7,13,15,20H,3,8-12H2,1-2H3,(H,18,21). The fourth-order valence-electron chi connectivity index (χ4n) is 2.75. The summed E-state index contributed by atoms with van der Waals surface area (Å²) in [5, 5.41) is 12.3. The molecule has 5 heteroatoms. The van der Waals surface area contributed by atoms with Gasteiger partial charge in [0.1, 0.15) is 5.75 Å². The SMILES string of the molecule is CCNC(=O)COc1ccc(CN2CCC(C(C)O)C2)cc1. The van der Waals surface area contributed by atoms with Crippen LogP contribution in [-0.4, -0.2) is 48.3 Å². The van der Waals surface area contributed by atoms with Gasteiger partial charge in [-0.25, -0.2) is 0 Å². The number of aliphatic hydroxyl groups is 1. The fourth-order valence-corrected chi connectivity index (χ4v) is 2.75. The Morgan fingerprint density at radius 1 is 1.45 bits per heavy atom. The smallest absolute Gasteiger partial charge is 0.257 e. The van der Waals surface area contributed by atoms with Crippen molar-refractivity contribution in [3.8, 4) is 5.75 Å². The van der Waals surface area contributed by atoms with Crippen LogP contribution in [0.1, 0.15) is 25.8 Å². The zero-order valence-electron chi connectivity index (χ0n) is 13.4. The van der Waals surface area contributed by atoms with E-state index in [0.29, 0.717) is 18.2 Å². The van der Waals surface area contributed by atoms with Crippen LogP contribution in [0.25, 0.3) is 0 Å². The van der Waals surface area contributed by atoms with E-state index in [2.05, 4.69) is 10.2 Å². The third-order valence-electron chi connectivity index (χ3n) is 4.06. The minimum absolute atomic E-state index is 0.0510. The number of hydrogen-bond donors (Lipinski definition) is 2. The van der Waals surface area contributed by atoms with Crippen LogP contribution in [-0.2, 0) is 11.3 Å². The first-order valence-corrected chi connectivity index (χ1v) is 7.97. The van der Waals surface area contributed by atoms with Gasteiger partial charge in [0.25, 0.3) is 5.91 Å². The molecule has 1 heterocycles. The Morgan fingerprint density at radius 2 is 2.18 bits per heavy atom. The molecule has 0 aliphatic carbocycles. The minimum Gasteiger partial charge on any atom is -0.484 e. The summed E-state index contributed by atoms with van der Waals surface area (Å²) < 4.78 is 5.44. The van der Waals surface area contributed by atoms with Gasteiger partial charge >= 0.3 is 0 Å². The number of nitrogens with zero attached hydrogens (tertiary/aromatic N) is 1. The lowest BCUT2D eigenvalue weighted by Gasteiger charge is -2.17. The first kappa shape index (κ1) is 16.8. The number of carbonyl (C=O) groups is 1. The largest absolute Gasteiger partial charge is 0.484 e. The second kappa shape index (κ2) is 8.15. The lowest BCUT2D eigenvalue weighted by molar-refractivity contribution is -0.122. The fraction of sp³-hybridized carbons (Fsp3) is 0.588. The van der Waals surface area contributed by atoms with Crippen molar-refractivity contribution in [1.29, 1.82) is 0 Å². The second-order valence-corrected chi connectivity index (χ2v) is 5.91. The Morgan fingerprint density at radius 3 is 2.77 bits per heavy atom. The maximum atomic E-state index is 11.3. The summed E-state index contributed by atoms with van der Waals surface area (Å²) in [7, 11) is 0. The first-order valence-electron chi connectivity index (χ1n) is 7.97. The van der Waals surface area contributed by atoms with Gasteiger partial charge in [0.05, 0.1) is 6.10 Å². The van der Waals surface area contributed by atoms with Gasteiger partial charge in [0.2, 0.25) is 0 Å². The van der Waals surface area contributed by atoms with E-state index in [0.717, 1.165) is 26.1 Å². The number of likely N-dealkylation sites (tertiary alicyclic amines) is 1. The summed E-state index contributed by atoms with van der Waals surface area (Å²) in [6.45, 7) is 7.29. The molecule has 0 saturated carbocycles. The Bertz CT molecular complexity index is 473. The molecule has 2 unspecified atom stereocenters. The maximum absolute atomic E-state index is 11.3. The van der Waals surface area contributed by atoms with Gasteiger partial charge in [-0.15, -0.1) is 0 Å². The molecular formula is C17H26N2O3. The average molecular weight is 306 g/mol. The van der Waals surface area contributed by atoms with Gasteiger partial charge < -0.3 is 15.2 Å². The zero-order chi connectivity index (χ0) is 15.9. The molecule has 2 N–H and O–H groups in total. The number of benzene rings is 1. The highest BCUT2D eigenvalue weighted by Gasteiger charge is 2.25. The van der Waals surface area contributed by atoms with Crippen LogP contribution < -0.4 is 10.1 Å². The molecule has 22 heavy (non-hydrogen) atoms. The first-order chi connectivity index (χ1) is 10.6. The van der Waals surface area contributed by atoms with Gasteiger partial charge in [0.15, 0.2) is 6.61 Å². The van der Waals surface area contributed by atoms with Crippen molar-refractivity contribution in [2.75, 3.05) is 26.2 Å². The molecule has 1 aromatic carbocycles. The van der Waals surface area contributed by atoms with Gasteiger partial charge in [-0.05, 0) is 50.4 Å². The van der Waals surface area contributed by atoms with Crippen molar-refractivity contribution in [2.45, 2.75) is 32.9 Å². The van der Waals surface area contributed by atoms with E-state index in [1.54, 1.807) is 0 Å². The third-order valence-corrected chi connectivity index (χ3v) is 4.06. The number of aliphatic hydroxyl groups excluding tert-OH is 1. The van der Waals surface area contributed by atoms with Gasteiger partial charge in [-0.2, -0.15) is 0 Å². The van der Waals surface area contributed by atoms with E-state index >= 15 is 0 Å². The quantitative estimate of drug-likeness (QED) is 0.799. The normalized spacial score (nSPS) is 19.9. The number of carbonyl (C=O) groups excluding carboxylic acids is 1. The van der Waals surface area contributed by atoms with Crippen LogP contribution in [0.5, 0.6) is 5.75 Å². The highest BCUT2D eigenvalue weighted by atomic mass is 16.5. The number of ether oxygens (including phenoxy) is 1. The highest BCUT2D eigenvalue weighted by Crippen LogP contribution is 2.22. The molecule has 0 spiro atoms. The minimum atomic E-state index is -0.227. The van der Waals surface area contributed by atoms with Crippen molar-refractivity contribution in [1.82, 2.24) is 10.2 Å². The molecule has 0 aromatic heterocycles. The van der Waals surface area contributed by atoms with Gasteiger partial charge in [-0.1, -0.05) is 12.1 Å². The number of nitrogens with one attached hydrogen (secondary N) is 1. The van der Waals surface area contributed by atoms with E-state index in [-0.39, 0.29) is 18.6 Å². The summed E-state index contributed by atoms with van der Waals surface area (Å²) in [5.41, 5.74) is 1.22. The summed E-state index contributed by atoms with van der Waals surface area (Å²) in [5.74, 6) is 0.991. The van der Waals surface area contributed by atoms with Crippen LogP contribution in [0.15, 0.2) is 24.3 Å².